The number of carbonyl (C=O) groups is 3. The highest BCUT2D eigenvalue weighted by atomic mass is 16.5. The summed E-state index contributed by atoms with van der Waals surface area (Å²) in [5.74, 6) is -1.89. The second-order valence-corrected chi connectivity index (χ2v) is 9.70. The van der Waals surface area contributed by atoms with Gasteiger partial charge in [0, 0.05) is 27.8 Å². The predicted octanol–water partition coefficient (Wildman–Crippen LogP) is 1.97. The van der Waals surface area contributed by atoms with E-state index in [0.29, 0.717) is 13.0 Å². The first-order chi connectivity index (χ1) is 15.4. The number of ether oxygens (including phenoxy) is 2. The van der Waals surface area contributed by atoms with Gasteiger partial charge < -0.3 is 30.1 Å². The Morgan fingerprint density at radius 2 is 1.76 bits per heavy atom. The molecule has 1 saturated heterocycles. The topological polar surface area (TPSA) is 122 Å². The number of hydrogen-bond donors (Lipinski definition) is 2. The molecule has 1 heterocycles. The Morgan fingerprint density at radius 1 is 1.15 bits per heavy atom. The first-order valence-corrected chi connectivity index (χ1v) is 12.0. The smallest absolute Gasteiger partial charge is 0.308 e. The number of carboxylic acids is 1. The molecule has 9 nitrogen and oxygen atoms in total. The maximum absolute atomic E-state index is 13.4. The van der Waals surface area contributed by atoms with Crippen LogP contribution in [0, 0.1) is 17.8 Å². The molecule has 1 aliphatic heterocycles. The summed E-state index contributed by atoms with van der Waals surface area (Å²) in [6.07, 6.45) is 1.27. The average Bonchev–Trinajstić information content (AvgIpc) is 3.26. The van der Waals surface area contributed by atoms with Crippen LogP contribution in [0.5, 0.6) is 0 Å². The van der Waals surface area contributed by atoms with Gasteiger partial charge in [-0.05, 0) is 31.6 Å². The van der Waals surface area contributed by atoms with Crippen molar-refractivity contribution in [2.24, 2.45) is 23.5 Å². The van der Waals surface area contributed by atoms with E-state index in [-0.39, 0.29) is 42.2 Å². The first-order valence-electron chi connectivity index (χ1n) is 12.0. The molecular weight excluding hydrogens is 426 g/mol. The Labute approximate surface area is 198 Å². The van der Waals surface area contributed by atoms with E-state index in [1.807, 2.05) is 27.7 Å². The quantitative estimate of drug-likeness (QED) is 0.421. The number of nitrogens with two attached hydrogens (primary N) is 1. The van der Waals surface area contributed by atoms with E-state index in [0.717, 1.165) is 12.8 Å². The van der Waals surface area contributed by atoms with Crippen LogP contribution < -0.4 is 5.73 Å². The van der Waals surface area contributed by atoms with E-state index in [9.17, 15) is 19.5 Å². The minimum atomic E-state index is -0.950. The van der Waals surface area contributed by atoms with Crippen LogP contribution in [-0.4, -0.2) is 90.8 Å². The fourth-order valence-corrected chi connectivity index (χ4v) is 4.82. The van der Waals surface area contributed by atoms with Crippen molar-refractivity contribution in [1.82, 2.24) is 9.80 Å². The molecule has 1 rings (SSSR count). The Hall–Kier alpha value is -1.71. The van der Waals surface area contributed by atoms with Crippen LogP contribution in [0.3, 0.4) is 0 Å². The van der Waals surface area contributed by atoms with Crippen molar-refractivity contribution in [2.45, 2.75) is 90.6 Å². The van der Waals surface area contributed by atoms with Crippen molar-refractivity contribution in [3.8, 4) is 0 Å². The normalized spacial score (nSPS) is 21.9. The molecule has 6 unspecified atom stereocenters. The lowest BCUT2D eigenvalue weighted by molar-refractivity contribution is -0.152. The monoisotopic (exact) mass is 471 g/mol. The molecule has 1 fully saturated rings. The van der Waals surface area contributed by atoms with Gasteiger partial charge in [-0.15, -0.1) is 0 Å². The molecule has 0 spiro atoms. The van der Waals surface area contributed by atoms with Crippen LogP contribution >= 0.6 is 0 Å². The highest BCUT2D eigenvalue weighted by Crippen LogP contribution is 2.29. The van der Waals surface area contributed by atoms with Crippen molar-refractivity contribution >= 4 is 17.8 Å². The minimum Gasteiger partial charge on any atom is -0.481 e. The first kappa shape index (κ1) is 29.3. The molecule has 1 aliphatic rings. The number of nitrogens with zero attached hydrogens (tertiary/aromatic N) is 2. The van der Waals surface area contributed by atoms with Crippen molar-refractivity contribution in [1.29, 1.82) is 0 Å². The Morgan fingerprint density at radius 3 is 2.21 bits per heavy atom. The lowest BCUT2D eigenvalue weighted by Gasteiger charge is -2.40. The zero-order valence-corrected chi connectivity index (χ0v) is 21.6. The van der Waals surface area contributed by atoms with Crippen molar-refractivity contribution < 1.29 is 29.0 Å². The molecule has 33 heavy (non-hydrogen) atoms. The van der Waals surface area contributed by atoms with Gasteiger partial charge in [0.2, 0.25) is 11.8 Å². The number of rotatable bonds is 13. The standard InChI is InChI=1S/C24H45N3O6/c1-9-15(4)21(26(6)23(29)20(25)14(2)3)18(32-7)13-19(28)27-12-10-11-17(27)22(33-8)16(5)24(30)31/h14-18,20-22H,9-13,25H2,1-8H3,(H,30,31)/t15?,16?,17-,18?,20?,21?,22?/m0/s1. The molecule has 0 saturated carbocycles. The number of likely N-dealkylation sites (N-methyl/N-ethyl adjacent to an activating group) is 1. The third kappa shape index (κ3) is 7.13. The third-order valence-electron chi connectivity index (χ3n) is 7.24. The summed E-state index contributed by atoms with van der Waals surface area (Å²) < 4.78 is 11.3. The summed E-state index contributed by atoms with van der Waals surface area (Å²) in [6, 6.07) is -1.25. The highest BCUT2D eigenvalue weighted by Gasteiger charge is 2.42. The SMILES string of the molecule is CCC(C)C(C(CC(=O)N1CCC[C@H]1C(OC)C(C)C(=O)O)OC)N(C)C(=O)C(N)C(C)C. The number of hydrogen-bond acceptors (Lipinski definition) is 6. The second-order valence-electron chi connectivity index (χ2n) is 9.70. The lowest BCUT2D eigenvalue weighted by atomic mass is 9.89. The van der Waals surface area contributed by atoms with E-state index in [1.165, 1.54) is 7.11 Å². The number of carbonyl (C=O) groups excluding carboxylic acids is 2. The van der Waals surface area contributed by atoms with Crippen LogP contribution in [0.4, 0.5) is 0 Å². The molecule has 0 aromatic heterocycles. The van der Waals surface area contributed by atoms with Gasteiger partial charge in [-0.2, -0.15) is 0 Å². The van der Waals surface area contributed by atoms with Gasteiger partial charge in [-0.1, -0.05) is 34.1 Å². The Kier molecular flexibility index (Phi) is 11.8. The zero-order chi connectivity index (χ0) is 25.5. The number of methoxy groups -OCH3 is 2. The molecule has 7 atom stereocenters. The summed E-state index contributed by atoms with van der Waals surface area (Å²) in [6.45, 7) is 10.0. The van der Waals surface area contributed by atoms with E-state index < -0.39 is 30.1 Å². The minimum absolute atomic E-state index is 0.00674. The fraction of sp³-hybridized carbons (Fsp3) is 0.875. The number of aliphatic carboxylic acids is 1. The summed E-state index contributed by atoms with van der Waals surface area (Å²) in [5, 5.41) is 9.46. The molecule has 0 bridgehead atoms. The molecule has 0 aliphatic carbocycles. The highest BCUT2D eigenvalue weighted by molar-refractivity contribution is 5.82. The van der Waals surface area contributed by atoms with Crippen LogP contribution in [0.2, 0.25) is 0 Å². The van der Waals surface area contributed by atoms with Gasteiger partial charge in [0.25, 0.3) is 0 Å². The number of amides is 2. The van der Waals surface area contributed by atoms with E-state index in [2.05, 4.69) is 0 Å². The maximum atomic E-state index is 13.4. The number of carboxylic acid groups (broad SMARTS) is 1. The third-order valence-corrected chi connectivity index (χ3v) is 7.24. The largest absolute Gasteiger partial charge is 0.481 e. The molecular formula is C24H45N3O6. The summed E-state index contributed by atoms with van der Waals surface area (Å²) >= 11 is 0. The van der Waals surface area contributed by atoms with Crippen molar-refractivity contribution in [2.75, 3.05) is 27.8 Å². The molecule has 0 radical (unpaired) electrons. The van der Waals surface area contributed by atoms with Crippen molar-refractivity contribution in [3.63, 3.8) is 0 Å². The molecule has 3 N–H and O–H groups in total. The van der Waals surface area contributed by atoms with Gasteiger partial charge in [0.15, 0.2) is 0 Å². The molecule has 9 heteroatoms. The Balaban J connectivity index is 3.11. The molecule has 192 valence electrons. The van der Waals surface area contributed by atoms with Crippen LogP contribution in [0.15, 0.2) is 0 Å². The number of likely N-dealkylation sites (tertiary alicyclic amines) is 1. The van der Waals surface area contributed by atoms with E-state index >= 15 is 0 Å². The Bertz CT molecular complexity index is 658. The van der Waals surface area contributed by atoms with Gasteiger partial charge in [0.05, 0.1) is 42.7 Å². The maximum Gasteiger partial charge on any atom is 0.308 e. The van der Waals surface area contributed by atoms with Gasteiger partial charge in [0.1, 0.15) is 0 Å². The predicted molar refractivity (Wildman–Crippen MR) is 127 cm³/mol. The second kappa shape index (κ2) is 13.2. The average molecular weight is 472 g/mol. The van der Waals surface area contributed by atoms with Crippen LogP contribution in [-0.2, 0) is 23.9 Å². The summed E-state index contributed by atoms with van der Waals surface area (Å²) in [4.78, 5) is 41.3. The van der Waals surface area contributed by atoms with Crippen LogP contribution in [0.25, 0.3) is 0 Å². The molecule has 0 aromatic carbocycles. The summed E-state index contributed by atoms with van der Waals surface area (Å²) in [7, 11) is 4.77. The van der Waals surface area contributed by atoms with E-state index in [1.54, 1.807) is 30.9 Å². The molecule has 2 amide bonds. The van der Waals surface area contributed by atoms with Crippen molar-refractivity contribution in [3.05, 3.63) is 0 Å². The zero-order valence-electron chi connectivity index (χ0n) is 21.6. The van der Waals surface area contributed by atoms with E-state index in [4.69, 9.17) is 15.2 Å². The van der Waals surface area contributed by atoms with Crippen LogP contribution in [0.1, 0.15) is 60.3 Å². The van der Waals surface area contributed by atoms with Gasteiger partial charge >= 0.3 is 5.97 Å². The van der Waals surface area contributed by atoms with Gasteiger partial charge in [-0.25, -0.2) is 0 Å². The summed E-state index contributed by atoms with van der Waals surface area (Å²) in [5.41, 5.74) is 6.13. The lowest BCUT2D eigenvalue weighted by Crippen LogP contribution is -2.56. The molecule has 0 aromatic rings. The fourth-order valence-electron chi connectivity index (χ4n) is 4.82. The van der Waals surface area contributed by atoms with Gasteiger partial charge in [-0.3, -0.25) is 14.4 Å².